The number of hydrogen-bond acceptors (Lipinski definition) is 4. The number of rotatable bonds is 5. The molecule has 1 aromatic carbocycles. The molecule has 0 fully saturated rings. The summed E-state index contributed by atoms with van der Waals surface area (Å²) in [7, 11) is -3.87. The van der Waals surface area contributed by atoms with Crippen LogP contribution in [0.2, 0.25) is 0 Å². The standard InChI is InChI=1S/C13H15FN2O3S/c1-9(7-11-3-2-6-19-11)16-20(17,18)13-8-10(14)4-5-12(13)15/h2-6,8-9,16H,7,15H2,1H3. The number of hydrogen-bond donors (Lipinski definition) is 2. The summed E-state index contributed by atoms with van der Waals surface area (Å²) in [6.07, 6.45) is 1.91. The number of anilines is 1. The van der Waals surface area contributed by atoms with Crippen LogP contribution in [0.3, 0.4) is 0 Å². The first-order valence-corrected chi connectivity index (χ1v) is 7.46. The van der Waals surface area contributed by atoms with Gasteiger partial charge in [-0.3, -0.25) is 0 Å². The van der Waals surface area contributed by atoms with E-state index in [0.717, 1.165) is 12.1 Å². The van der Waals surface area contributed by atoms with Crippen molar-refractivity contribution in [1.29, 1.82) is 0 Å². The fourth-order valence-corrected chi connectivity index (χ4v) is 3.23. The molecule has 0 aliphatic rings. The second-order valence-electron chi connectivity index (χ2n) is 4.49. The van der Waals surface area contributed by atoms with Crippen LogP contribution in [0, 0.1) is 5.82 Å². The van der Waals surface area contributed by atoms with Crippen LogP contribution in [0.15, 0.2) is 45.9 Å². The maximum Gasteiger partial charge on any atom is 0.242 e. The molecule has 0 spiro atoms. The highest BCUT2D eigenvalue weighted by atomic mass is 32.2. The summed E-state index contributed by atoms with van der Waals surface area (Å²) in [4.78, 5) is -0.260. The first kappa shape index (κ1) is 14.5. The number of sulfonamides is 1. The van der Waals surface area contributed by atoms with Crippen molar-refractivity contribution in [3.8, 4) is 0 Å². The molecule has 2 aromatic rings. The van der Waals surface area contributed by atoms with Crippen molar-refractivity contribution in [3.05, 3.63) is 48.2 Å². The molecule has 0 saturated carbocycles. The fraction of sp³-hybridized carbons (Fsp3) is 0.231. The Balaban J connectivity index is 2.16. The minimum atomic E-state index is -3.87. The van der Waals surface area contributed by atoms with Gasteiger partial charge >= 0.3 is 0 Å². The lowest BCUT2D eigenvalue weighted by molar-refractivity contribution is 0.479. The van der Waals surface area contributed by atoms with Gasteiger partial charge in [0, 0.05) is 12.5 Å². The normalized spacial score (nSPS) is 13.3. The Morgan fingerprint density at radius 1 is 1.40 bits per heavy atom. The van der Waals surface area contributed by atoms with Gasteiger partial charge in [-0.2, -0.15) is 0 Å². The zero-order valence-electron chi connectivity index (χ0n) is 10.8. The Kier molecular flexibility index (Phi) is 4.10. The monoisotopic (exact) mass is 298 g/mol. The molecule has 0 saturated heterocycles. The number of benzene rings is 1. The highest BCUT2D eigenvalue weighted by molar-refractivity contribution is 7.89. The number of halogens is 1. The third-order valence-corrected chi connectivity index (χ3v) is 4.35. The molecule has 5 nitrogen and oxygen atoms in total. The number of nitrogens with two attached hydrogens (primary N) is 1. The Hall–Kier alpha value is -1.86. The van der Waals surface area contributed by atoms with Crippen LogP contribution < -0.4 is 10.5 Å². The van der Waals surface area contributed by atoms with Crippen molar-refractivity contribution >= 4 is 15.7 Å². The molecule has 0 aliphatic heterocycles. The molecule has 1 atom stereocenters. The van der Waals surface area contributed by atoms with Crippen LogP contribution in [0.25, 0.3) is 0 Å². The maximum absolute atomic E-state index is 13.2. The summed E-state index contributed by atoms with van der Waals surface area (Å²) < 4.78 is 45.1. The zero-order chi connectivity index (χ0) is 14.8. The van der Waals surface area contributed by atoms with Gasteiger partial charge in [-0.25, -0.2) is 17.5 Å². The lowest BCUT2D eigenvalue weighted by Crippen LogP contribution is -2.34. The molecule has 7 heteroatoms. The Labute approximate surface area is 116 Å². The minimum absolute atomic E-state index is 0.00380. The van der Waals surface area contributed by atoms with E-state index in [1.165, 1.54) is 12.3 Å². The van der Waals surface area contributed by atoms with Crippen molar-refractivity contribution in [2.45, 2.75) is 24.3 Å². The number of furan rings is 1. The SMILES string of the molecule is CC(Cc1ccco1)NS(=O)(=O)c1cc(F)ccc1N. The van der Waals surface area contributed by atoms with Crippen molar-refractivity contribution in [1.82, 2.24) is 4.72 Å². The fourth-order valence-electron chi connectivity index (χ4n) is 1.84. The lowest BCUT2D eigenvalue weighted by atomic mass is 10.2. The Morgan fingerprint density at radius 3 is 2.80 bits per heavy atom. The number of nitrogens with one attached hydrogen (secondary N) is 1. The van der Waals surface area contributed by atoms with Gasteiger partial charge in [0.25, 0.3) is 0 Å². The van der Waals surface area contributed by atoms with Crippen molar-refractivity contribution in [3.63, 3.8) is 0 Å². The summed E-state index contributed by atoms with van der Waals surface area (Å²) in [6.45, 7) is 1.69. The average molecular weight is 298 g/mol. The quantitative estimate of drug-likeness (QED) is 0.826. The van der Waals surface area contributed by atoms with Gasteiger partial charge in [0.15, 0.2) is 0 Å². The van der Waals surface area contributed by atoms with E-state index in [0.29, 0.717) is 12.2 Å². The van der Waals surface area contributed by atoms with Gasteiger partial charge in [-0.05, 0) is 37.3 Å². The van der Waals surface area contributed by atoms with E-state index >= 15 is 0 Å². The van der Waals surface area contributed by atoms with Crippen molar-refractivity contribution in [2.24, 2.45) is 0 Å². The molecule has 0 bridgehead atoms. The highest BCUT2D eigenvalue weighted by Gasteiger charge is 2.21. The molecule has 3 N–H and O–H groups in total. The highest BCUT2D eigenvalue weighted by Crippen LogP contribution is 2.19. The van der Waals surface area contributed by atoms with E-state index in [9.17, 15) is 12.8 Å². The molecule has 108 valence electrons. The van der Waals surface area contributed by atoms with E-state index in [-0.39, 0.29) is 10.6 Å². The van der Waals surface area contributed by atoms with E-state index < -0.39 is 21.9 Å². The van der Waals surface area contributed by atoms with Crippen molar-refractivity contribution in [2.75, 3.05) is 5.73 Å². The Bertz CT molecular complexity index is 684. The van der Waals surface area contributed by atoms with Crippen LogP contribution in [-0.2, 0) is 16.4 Å². The van der Waals surface area contributed by atoms with Gasteiger partial charge < -0.3 is 10.2 Å². The summed E-state index contributed by atoms with van der Waals surface area (Å²) >= 11 is 0. The largest absolute Gasteiger partial charge is 0.469 e. The third-order valence-electron chi connectivity index (χ3n) is 2.71. The van der Waals surface area contributed by atoms with E-state index in [1.807, 2.05) is 0 Å². The van der Waals surface area contributed by atoms with Crippen LogP contribution >= 0.6 is 0 Å². The van der Waals surface area contributed by atoms with Gasteiger partial charge in [0.2, 0.25) is 10.0 Å². The predicted molar refractivity (Wildman–Crippen MR) is 73.0 cm³/mol. The van der Waals surface area contributed by atoms with Gasteiger partial charge in [-0.15, -0.1) is 0 Å². The summed E-state index contributed by atoms with van der Waals surface area (Å²) in [5.74, 6) is 0.00526. The molecule has 1 heterocycles. The molecule has 0 aliphatic carbocycles. The molecule has 20 heavy (non-hydrogen) atoms. The minimum Gasteiger partial charge on any atom is -0.469 e. The number of nitrogen functional groups attached to an aromatic ring is 1. The van der Waals surface area contributed by atoms with Gasteiger partial charge in [0.05, 0.1) is 12.0 Å². The molecule has 0 radical (unpaired) electrons. The molecule has 0 amide bonds. The zero-order valence-corrected chi connectivity index (χ0v) is 11.7. The Morgan fingerprint density at radius 2 is 2.15 bits per heavy atom. The van der Waals surface area contributed by atoms with Gasteiger partial charge in [-0.1, -0.05) is 0 Å². The first-order chi connectivity index (χ1) is 9.38. The smallest absolute Gasteiger partial charge is 0.242 e. The van der Waals surface area contributed by atoms with E-state index in [2.05, 4.69) is 4.72 Å². The van der Waals surface area contributed by atoms with Crippen LogP contribution in [-0.4, -0.2) is 14.5 Å². The average Bonchev–Trinajstić information content (AvgIpc) is 2.84. The molecule has 2 rings (SSSR count). The van der Waals surface area contributed by atoms with Gasteiger partial charge in [0.1, 0.15) is 16.5 Å². The summed E-state index contributed by atoms with van der Waals surface area (Å²) in [6, 6.07) is 6.30. The predicted octanol–water partition coefficient (Wildman–Crippen LogP) is 1.91. The molecular formula is C13H15FN2O3S. The van der Waals surface area contributed by atoms with Crippen LogP contribution in [0.1, 0.15) is 12.7 Å². The molecule has 1 aromatic heterocycles. The lowest BCUT2D eigenvalue weighted by Gasteiger charge is -2.14. The van der Waals surface area contributed by atoms with Crippen molar-refractivity contribution < 1.29 is 17.2 Å². The van der Waals surface area contributed by atoms with E-state index in [4.69, 9.17) is 10.2 Å². The van der Waals surface area contributed by atoms with Crippen LogP contribution in [0.4, 0.5) is 10.1 Å². The summed E-state index contributed by atoms with van der Waals surface area (Å²) in [5, 5.41) is 0. The van der Waals surface area contributed by atoms with E-state index in [1.54, 1.807) is 19.1 Å². The maximum atomic E-state index is 13.2. The molecule has 1 unspecified atom stereocenters. The topological polar surface area (TPSA) is 85.3 Å². The summed E-state index contributed by atoms with van der Waals surface area (Å²) in [5.41, 5.74) is 5.59. The third kappa shape index (κ3) is 3.37. The first-order valence-electron chi connectivity index (χ1n) is 5.98. The van der Waals surface area contributed by atoms with Crippen LogP contribution in [0.5, 0.6) is 0 Å². The second-order valence-corrected chi connectivity index (χ2v) is 6.17. The second kappa shape index (κ2) is 5.64. The molecular weight excluding hydrogens is 283 g/mol.